The summed E-state index contributed by atoms with van der Waals surface area (Å²) in [7, 11) is 0. The molecule has 0 saturated heterocycles. The van der Waals surface area contributed by atoms with Gasteiger partial charge in [0.2, 0.25) is 0 Å². The molecule has 0 aromatic heterocycles. The topological polar surface area (TPSA) is 40.1 Å². The Bertz CT molecular complexity index is 649. The summed E-state index contributed by atoms with van der Waals surface area (Å²) in [5.74, 6) is 0.215. The minimum atomic E-state index is 0. The fraction of sp³-hybridized carbons (Fsp3) is 0.143. The first-order chi connectivity index (χ1) is 11.3. The maximum Gasteiger partial charge on any atom is 2.00 e. The van der Waals surface area contributed by atoms with Crippen molar-refractivity contribution in [2.45, 2.75) is 19.3 Å². The van der Waals surface area contributed by atoms with Gasteiger partial charge in [-0.3, -0.25) is 4.79 Å². The number of rotatable bonds is 5. The van der Waals surface area contributed by atoms with Crippen molar-refractivity contribution in [1.29, 1.82) is 0 Å². The largest absolute Gasteiger partial charge is 2.00 e. The molecule has 0 spiro atoms. The number of benzene rings is 1. The van der Waals surface area contributed by atoms with Crippen molar-refractivity contribution in [2.24, 2.45) is 0 Å². The minimum Gasteiger partial charge on any atom is -0.875 e. The minimum absolute atomic E-state index is 0. The number of hydrogen-bond acceptors (Lipinski definition) is 2. The van der Waals surface area contributed by atoms with Gasteiger partial charge in [0.15, 0.2) is 5.78 Å². The van der Waals surface area contributed by atoms with Gasteiger partial charge in [0.25, 0.3) is 0 Å². The van der Waals surface area contributed by atoms with Gasteiger partial charge in [-0.1, -0.05) is 54.6 Å². The summed E-state index contributed by atoms with van der Waals surface area (Å²) >= 11 is 0. The van der Waals surface area contributed by atoms with E-state index in [1.807, 2.05) is 60.7 Å². The molecule has 2 nitrogen and oxygen atoms in total. The molecule has 0 amide bonds. The molecule has 0 heterocycles. The molecule has 3 heteroatoms. The normalized spacial score (nSPS) is 11.4. The fourth-order valence-electron chi connectivity index (χ4n) is 2.20. The number of carbonyl (C=O) groups is 1. The first-order valence-electron chi connectivity index (χ1n) is 7.77. The average molecular weight is 360 g/mol. The average Bonchev–Trinajstić information content (AvgIpc) is 3.31. The second kappa shape index (κ2) is 11.3. The van der Waals surface area contributed by atoms with Crippen LogP contribution >= 0.6 is 0 Å². The second-order valence-electron chi connectivity index (χ2n) is 5.20. The molecule has 2 aromatic carbocycles. The fourth-order valence-corrected chi connectivity index (χ4v) is 2.20. The Morgan fingerprint density at radius 3 is 2.08 bits per heavy atom. The maximum absolute atomic E-state index is 11.8. The summed E-state index contributed by atoms with van der Waals surface area (Å²) in [6.45, 7) is 0. The molecule has 24 heavy (non-hydrogen) atoms. The van der Waals surface area contributed by atoms with Gasteiger partial charge in [-0.15, -0.1) is 5.76 Å². The Morgan fingerprint density at radius 2 is 1.54 bits per heavy atom. The van der Waals surface area contributed by atoms with Crippen LogP contribution in [0.25, 0.3) is 0 Å². The maximum atomic E-state index is 11.8. The van der Waals surface area contributed by atoms with Crippen LogP contribution < -0.4 is 5.11 Å². The summed E-state index contributed by atoms with van der Waals surface area (Å²) < 4.78 is 0. The molecule has 124 valence electrons. The molecule has 0 atom stereocenters. The Balaban J connectivity index is 0.000000412. The van der Waals surface area contributed by atoms with Crippen LogP contribution in [0, 0.1) is 0 Å². The van der Waals surface area contributed by atoms with E-state index in [2.05, 4.69) is 0 Å². The third-order valence-electron chi connectivity index (χ3n) is 3.44. The van der Waals surface area contributed by atoms with Gasteiger partial charge in [-0.2, -0.15) is 18.2 Å². The number of ketones is 1. The van der Waals surface area contributed by atoms with Crippen LogP contribution in [0.2, 0.25) is 0 Å². The number of allylic oxidation sites excluding steroid dienone is 6. The van der Waals surface area contributed by atoms with Gasteiger partial charge < -0.3 is 5.11 Å². The zero-order chi connectivity index (χ0) is 16.3. The Hall–Kier alpha value is -2.22. The van der Waals surface area contributed by atoms with Gasteiger partial charge in [-0.05, 0) is 18.4 Å². The van der Waals surface area contributed by atoms with Gasteiger partial charge in [0.1, 0.15) is 0 Å². The van der Waals surface area contributed by atoms with Crippen molar-refractivity contribution in [2.75, 3.05) is 0 Å². The van der Waals surface area contributed by atoms with Crippen LogP contribution in [0.1, 0.15) is 29.6 Å². The van der Waals surface area contributed by atoms with Crippen LogP contribution in [-0.4, -0.2) is 5.78 Å². The van der Waals surface area contributed by atoms with E-state index >= 15 is 0 Å². The van der Waals surface area contributed by atoms with Crippen LogP contribution in [0.3, 0.4) is 0 Å². The third-order valence-corrected chi connectivity index (χ3v) is 3.44. The van der Waals surface area contributed by atoms with E-state index in [4.69, 9.17) is 0 Å². The molecule has 3 rings (SSSR count). The van der Waals surface area contributed by atoms with E-state index in [1.165, 1.54) is 0 Å². The molecule has 2 aromatic rings. The molecular formula is C21H20FeO2. The van der Waals surface area contributed by atoms with E-state index in [0.717, 1.165) is 11.1 Å². The van der Waals surface area contributed by atoms with Crippen molar-refractivity contribution in [1.82, 2.24) is 0 Å². The second-order valence-corrected chi connectivity index (χ2v) is 5.20. The predicted octanol–water partition coefficient (Wildman–Crippen LogP) is 4.18. The number of Topliss-reactive ketones (excluding diaryl/α,β-unsaturated/α-hetero) is 1. The molecule has 0 saturated carbocycles. The molecule has 0 bridgehead atoms. The van der Waals surface area contributed by atoms with Crippen LogP contribution in [0.15, 0.2) is 96.3 Å². The van der Waals surface area contributed by atoms with E-state index in [1.54, 1.807) is 24.3 Å². The summed E-state index contributed by atoms with van der Waals surface area (Å²) in [6, 6.07) is 19.2. The molecule has 0 radical (unpaired) electrons. The van der Waals surface area contributed by atoms with Crippen molar-refractivity contribution < 1.29 is 27.0 Å². The van der Waals surface area contributed by atoms with E-state index in [0.29, 0.717) is 19.3 Å². The van der Waals surface area contributed by atoms with Gasteiger partial charge >= 0.3 is 17.1 Å². The summed E-state index contributed by atoms with van der Waals surface area (Å²) in [5, 5.41) is 11.7. The standard InChI is InChI=1S/C16H16O2.C5H5.Fe/c17-15(13-7-2-1-3-8-13)11-6-12-16(18)14-9-4-5-10-14;1-2-4-5-3-1;/h1-5,7-10,18H,6,11-12H2;1-5H;/q;-1;+2/p-1. The summed E-state index contributed by atoms with van der Waals surface area (Å²) in [4.78, 5) is 11.8. The first-order valence-corrected chi connectivity index (χ1v) is 7.77. The van der Waals surface area contributed by atoms with E-state index < -0.39 is 0 Å². The summed E-state index contributed by atoms with van der Waals surface area (Å²) in [6.07, 6.45) is 8.78. The van der Waals surface area contributed by atoms with Gasteiger partial charge in [0.05, 0.1) is 0 Å². The van der Waals surface area contributed by atoms with Gasteiger partial charge in [0, 0.05) is 12.0 Å². The van der Waals surface area contributed by atoms with E-state index in [-0.39, 0.29) is 28.6 Å². The Kier molecular flexibility index (Phi) is 9.36. The van der Waals surface area contributed by atoms with Crippen LogP contribution in [0.4, 0.5) is 0 Å². The summed E-state index contributed by atoms with van der Waals surface area (Å²) in [5.41, 5.74) is 1.46. The molecule has 0 N–H and O–H groups in total. The van der Waals surface area contributed by atoms with Crippen molar-refractivity contribution in [3.8, 4) is 0 Å². The van der Waals surface area contributed by atoms with Crippen molar-refractivity contribution >= 4 is 5.78 Å². The van der Waals surface area contributed by atoms with Crippen LogP contribution in [0.5, 0.6) is 0 Å². The molecule has 1 aliphatic rings. The zero-order valence-electron chi connectivity index (χ0n) is 13.4. The predicted molar refractivity (Wildman–Crippen MR) is 92.0 cm³/mol. The van der Waals surface area contributed by atoms with Gasteiger partial charge in [-0.25, -0.2) is 12.1 Å². The Labute approximate surface area is 154 Å². The molecule has 1 aliphatic carbocycles. The molecular weight excluding hydrogens is 340 g/mol. The quantitative estimate of drug-likeness (QED) is 0.347. The Morgan fingerprint density at radius 1 is 0.917 bits per heavy atom. The number of hydrogen-bond donors (Lipinski definition) is 0. The third kappa shape index (κ3) is 6.91. The SMILES string of the molecule is O=C(CCCC([O-])=C1C=CC=C1)c1ccccc1.[Fe+2].c1cc[cH-]c1. The first kappa shape index (κ1) is 19.8. The molecule has 0 aliphatic heterocycles. The van der Waals surface area contributed by atoms with Crippen molar-refractivity contribution in [3.63, 3.8) is 0 Å². The smallest absolute Gasteiger partial charge is 0.875 e. The zero-order valence-corrected chi connectivity index (χ0v) is 14.5. The van der Waals surface area contributed by atoms with E-state index in [9.17, 15) is 9.90 Å². The monoisotopic (exact) mass is 360 g/mol. The number of carbonyl (C=O) groups excluding carboxylic acids is 1. The van der Waals surface area contributed by atoms with Crippen LogP contribution in [-0.2, 0) is 17.1 Å². The molecule has 0 fully saturated rings. The van der Waals surface area contributed by atoms with Crippen molar-refractivity contribution in [3.05, 3.63) is 102 Å². The molecule has 0 unspecified atom stereocenters.